The molecule has 0 bridgehead atoms. The fourth-order valence-corrected chi connectivity index (χ4v) is 1.66. The smallest absolute Gasteiger partial charge is 0.332 e. The van der Waals surface area contributed by atoms with Crippen LogP contribution in [0, 0.1) is 0 Å². The van der Waals surface area contributed by atoms with E-state index in [-0.39, 0.29) is 5.97 Å². The van der Waals surface area contributed by atoms with E-state index in [1.807, 2.05) is 30.3 Å². The monoisotopic (exact) mass is 242 g/mol. The molecule has 2 rings (SSSR count). The van der Waals surface area contributed by atoms with E-state index in [1.165, 1.54) is 7.11 Å². The van der Waals surface area contributed by atoms with Crippen molar-refractivity contribution in [3.63, 3.8) is 0 Å². The summed E-state index contributed by atoms with van der Waals surface area (Å²) in [6.45, 7) is 0. The number of hydrogen-bond donors (Lipinski definition) is 1. The van der Waals surface area contributed by atoms with Crippen LogP contribution < -0.4 is 5.32 Å². The van der Waals surface area contributed by atoms with Crippen molar-refractivity contribution in [3.8, 4) is 0 Å². The first-order valence-corrected chi connectivity index (χ1v) is 5.60. The summed E-state index contributed by atoms with van der Waals surface area (Å²) >= 11 is 0. The van der Waals surface area contributed by atoms with E-state index in [4.69, 9.17) is 4.74 Å². The molecule has 4 nitrogen and oxygen atoms in total. The molecular formula is C14H14N2O2. The highest BCUT2D eigenvalue weighted by atomic mass is 16.5. The fourth-order valence-electron chi connectivity index (χ4n) is 1.66. The summed E-state index contributed by atoms with van der Waals surface area (Å²) in [5.74, 6) is -0.321. The molecule has 92 valence electrons. The minimum Gasteiger partial charge on any atom is -0.467 e. The minimum absolute atomic E-state index is 0.321. The maximum Gasteiger partial charge on any atom is 0.332 e. The van der Waals surface area contributed by atoms with E-state index >= 15 is 0 Å². The van der Waals surface area contributed by atoms with Crippen LogP contribution in [0.1, 0.15) is 11.6 Å². The number of methoxy groups -OCH3 is 1. The molecule has 1 aromatic heterocycles. The predicted octanol–water partition coefficient (Wildman–Crippen LogP) is 2.41. The molecule has 1 N–H and O–H groups in total. The Morgan fingerprint density at radius 3 is 2.44 bits per heavy atom. The Kier molecular flexibility index (Phi) is 3.91. The maximum absolute atomic E-state index is 11.8. The second kappa shape index (κ2) is 5.82. The lowest BCUT2D eigenvalue weighted by atomic mass is 10.1. The summed E-state index contributed by atoms with van der Waals surface area (Å²) in [7, 11) is 1.38. The van der Waals surface area contributed by atoms with Gasteiger partial charge in [-0.15, -0.1) is 0 Å². The number of anilines is 1. The molecule has 4 heteroatoms. The Hall–Kier alpha value is -2.36. The van der Waals surface area contributed by atoms with E-state index in [9.17, 15) is 4.79 Å². The number of rotatable bonds is 4. The molecule has 1 heterocycles. The number of nitrogens with zero attached hydrogens (tertiary/aromatic N) is 1. The van der Waals surface area contributed by atoms with Gasteiger partial charge in [0.1, 0.15) is 0 Å². The third kappa shape index (κ3) is 2.85. The summed E-state index contributed by atoms with van der Waals surface area (Å²) in [5, 5.41) is 3.13. The largest absolute Gasteiger partial charge is 0.467 e. The molecule has 0 aliphatic rings. The van der Waals surface area contributed by atoms with E-state index in [2.05, 4.69) is 10.3 Å². The van der Waals surface area contributed by atoms with Gasteiger partial charge >= 0.3 is 5.97 Å². The van der Waals surface area contributed by atoms with E-state index in [0.29, 0.717) is 0 Å². The predicted molar refractivity (Wildman–Crippen MR) is 69.1 cm³/mol. The molecule has 0 aliphatic carbocycles. The number of nitrogens with one attached hydrogen (secondary N) is 1. The zero-order valence-electron chi connectivity index (χ0n) is 10.0. The quantitative estimate of drug-likeness (QED) is 0.836. The summed E-state index contributed by atoms with van der Waals surface area (Å²) in [4.78, 5) is 15.8. The molecule has 0 saturated heterocycles. The van der Waals surface area contributed by atoms with Gasteiger partial charge in [0.25, 0.3) is 0 Å². The number of carbonyl (C=O) groups excluding carboxylic acids is 1. The van der Waals surface area contributed by atoms with Crippen LogP contribution in [0.2, 0.25) is 0 Å². The van der Waals surface area contributed by atoms with E-state index in [0.717, 1.165) is 11.3 Å². The molecule has 0 radical (unpaired) electrons. The van der Waals surface area contributed by atoms with Crippen LogP contribution in [0.5, 0.6) is 0 Å². The number of aromatic nitrogens is 1. The van der Waals surface area contributed by atoms with Gasteiger partial charge in [-0.25, -0.2) is 4.79 Å². The summed E-state index contributed by atoms with van der Waals surface area (Å²) in [6.07, 6.45) is 3.34. The van der Waals surface area contributed by atoms with Gasteiger partial charge in [0.15, 0.2) is 6.04 Å². The molecule has 0 aliphatic heterocycles. The first-order chi connectivity index (χ1) is 8.81. The first kappa shape index (κ1) is 12.1. The molecule has 1 aromatic carbocycles. The molecule has 1 unspecified atom stereocenters. The Morgan fingerprint density at radius 2 is 1.83 bits per heavy atom. The van der Waals surface area contributed by atoms with Gasteiger partial charge < -0.3 is 10.1 Å². The van der Waals surface area contributed by atoms with Crippen molar-refractivity contribution < 1.29 is 9.53 Å². The van der Waals surface area contributed by atoms with Crippen LogP contribution in [-0.2, 0) is 9.53 Å². The number of carbonyl (C=O) groups is 1. The van der Waals surface area contributed by atoms with E-state index in [1.54, 1.807) is 24.5 Å². The standard InChI is InChI=1S/C14H14N2O2/c1-18-14(17)13(11-5-3-2-4-6-11)16-12-7-9-15-10-8-12/h2-10,13H,1H3,(H,15,16). The first-order valence-electron chi connectivity index (χ1n) is 5.60. The third-order valence-electron chi connectivity index (χ3n) is 2.56. The van der Waals surface area contributed by atoms with Crippen LogP contribution in [-0.4, -0.2) is 18.1 Å². The van der Waals surface area contributed by atoms with Gasteiger partial charge in [0, 0.05) is 18.1 Å². The Morgan fingerprint density at radius 1 is 1.17 bits per heavy atom. The van der Waals surface area contributed by atoms with Gasteiger partial charge in [-0.05, 0) is 17.7 Å². The highest BCUT2D eigenvalue weighted by molar-refractivity contribution is 5.80. The summed E-state index contributed by atoms with van der Waals surface area (Å²) < 4.78 is 4.82. The highest BCUT2D eigenvalue weighted by Gasteiger charge is 2.20. The number of pyridine rings is 1. The highest BCUT2D eigenvalue weighted by Crippen LogP contribution is 2.20. The molecule has 0 saturated carbocycles. The summed E-state index contributed by atoms with van der Waals surface area (Å²) in [5.41, 5.74) is 1.69. The molecule has 0 amide bonds. The van der Waals surface area contributed by atoms with Gasteiger partial charge in [0.05, 0.1) is 7.11 Å². The summed E-state index contributed by atoms with van der Waals surface area (Å²) in [6, 6.07) is 12.5. The second-order valence-electron chi connectivity index (χ2n) is 3.75. The van der Waals surface area contributed by atoms with Gasteiger partial charge in [0.2, 0.25) is 0 Å². The van der Waals surface area contributed by atoms with Crippen molar-refractivity contribution >= 4 is 11.7 Å². The Labute approximate surface area is 106 Å². The van der Waals surface area contributed by atoms with Gasteiger partial charge in [-0.3, -0.25) is 4.98 Å². The lowest BCUT2D eigenvalue weighted by Crippen LogP contribution is -2.22. The van der Waals surface area contributed by atoms with Crippen LogP contribution >= 0.6 is 0 Å². The van der Waals surface area contributed by atoms with Gasteiger partial charge in [-0.1, -0.05) is 30.3 Å². The number of hydrogen-bond acceptors (Lipinski definition) is 4. The van der Waals surface area contributed by atoms with Crippen molar-refractivity contribution in [2.24, 2.45) is 0 Å². The SMILES string of the molecule is COC(=O)C(Nc1ccncc1)c1ccccc1. The molecule has 0 spiro atoms. The molecule has 2 aromatic rings. The Bertz CT molecular complexity index is 500. The number of esters is 1. The van der Waals surface area contributed by atoms with Crippen LogP contribution in [0.15, 0.2) is 54.9 Å². The molecular weight excluding hydrogens is 228 g/mol. The van der Waals surface area contributed by atoms with Crippen molar-refractivity contribution in [1.29, 1.82) is 0 Å². The van der Waals surface area contributed by atoms with Crippen LogP contribution in [0.3, 0.4) is 0 Å². The third-order valence-corrected chi connectivity index (χ3v) is 2.56. The number of benzene rings is 1. The van der Waals surface area contributed by atoms with Crippen molar-refractivity contribution in [2.45, 2.75) is 6.04 Å². The zero-order chi connectivity index (χ0) is 12.8. The topological polar surface area (TPSA) is 51.2 Å². The minimum atomic E-state index is -0.515. The molecule has 1 atom stereocenters. The average molecular weight is 242 g/mol. The Balaban J connectivity index is 2.24. The van der Waals surface area contributed by atoms with E-state index < -0.39 is 6.04 Å². The average Bonchev–Trinajstić information content (AvgIpc) is 2.46. The zero-order valence-corrected chi connectivity index (χ0v) is 10.0. The van der Waals surface area contributed by atoms with Gasteiger partial charge in [-0.2, -0.15) is 0 Å². The van der Waals surface area contributed by atoms with Crippen LogP contribution in [0.25, 0.3) is 0 Å². The lowest BCUT2D eigenvalue weighted by molar-refractivity contribution is -0.141. The van der Waals surface area contributed by atoms with Crippen LogP contribution in [0.4, 0.5) is 5.69 Å². The fraction of sp³-hybridized carbons (Fsp3) is 0.143. The normalized spacial score (nSPS) is 11.6. The van der Waals surface area contributed by atoms with Crippen molar-refractivity contribution in [3.05, 3.63) is 60.4 Å². The maximum atomic E-state index is 11.8. The lowest BCUT2D eigenvalue weighted by Gasteiger charge is -2.17. The molecule has 18 heavy (non-hydrogen) atoms. The van der Waals surface area contributed by atoms with Crippen molar-refractivity contribution in [2.75, 3.05) is 12.4 Å². The second-order valence-corrected chi connectivity index (χ2v) is 3.75. The number of ether oxygens (including phenoxy) is 1. The van der Waals surface area contributed by atoms with Crippen molar-refractivity contribution in [1.82, 2.24) is 4.98 Å². The molecule has 0 fully saturated rings.